The fourth-order valence-corrected chi connectivity index (χ4v) is 1.28. The van der Waals surface area contributed by atoms with Crippen LogP contribution in [-0.2, 0) is 4.74 Å². The number of nitrogen functional groups attached to an aromatic ring is 1. The first-order valence-corrected chi connectivity index (χ1v) is 5.19. The number of unbranched alkanes of at least 4 members (excludes halogenated alkanes) is 1. The summed E-state index contributed by atoms with van der Waals surface area (Å²) in [6.45, 7) is 1.35. The molecule has 0 aliphatic rings. The van der Waals surface area contributed by atoms with Crippen LogP contribution in [0.4, 0.5) is 5.69 Å². The lowest BCUT2D eigenvalue weighted by molar-refractivity contribution is 0.184. The Hall–Kier alpha value is -1.73. The van der Waals surface area contributed by atoms with Gasteiger partial charge in [0.15, 0.2) is 0 Å². The lowest BCUT2D eigenvalue weighted by Gasteiger charge is -2.08. The third-order valence-corrected chi connectivity index (χ3v) is 2.14. The Morgan fingerprint density at radius 3 is 2.69 bits per heavy atom. The second-order valence-corrected chi connectivity index (χ2v) is 3.41. The number of hydrogen-bond donors (Lipinski definition) is 1. The zero-order chi connectivity index (χ0) is 11.8. The molecule has 0 aliphatic carbocycles. The van der Waals surface area contributed by atoms with E-state index in [0.717, 1.165) is 19.4 Å². The van der Waals surface area contributed by atoms with Crippen LogP contribution in [0.1, 0.15) is 18.4 Å². The molecule has 0 bridgehead atoms. The van der Waals surface area contributed by atoms with Gasteiger partial charge in [0.2, 0.25) is 0 Å². The Kier molecular flexibility index (Phi) is 5.17. The molecule has 0 fully saturated rings. The highest BCUT2D eigenvalue weighted by Gasteiger charge is 2.01. The van der Waals surface area contributed by atoms with E-state index < -0.39 is 0 Å². The van der Waals surface area contributed by atoms with Gasteiger partial charge in [-0.1, -0.05) is 0 Å². The number of hydrogen-bond acceptors (Lipinski definition) is 4. The summed E-state index contributed by atoms with van der Waals surface area (Å²) >= 11 is 0. The van der Waals surface area contributed by atoms with Gasteiger partial charge in [0, 0.05) is 13.7 Å². The van der Waals surface area contributed by atoms with Gasteiger partial charge >= 0.3 is 0 Å². The maximum Gasteiger partial charge on any atom is 0.142 e. The molecule has 0 heterocycles. The SMILES string of the molecule is COCCCCOc1ccc(C#N)cc1N. The highest BCUT2D eigenvalue weighted by molar-refractivity contribution is 5.56. The summed E-state index contributed by atoms with van der Waals surface area (Å²) in [5.41, 5.74) is 6.79. The van der Waals surface area contributed by atoms with E-state index in [1.54, 1.807) is 25.3 Å². The molecule has 0 saturated heterocycles. The van der Waals surface area contributed by atoms with Crippen molar-refractivity contribution < 1.29 is 9.47 Å². The molecule has 0 radical (unpaired) electrons. The van der Waals surface area contributed by atoms with E-state index in [1.165, 1.54) is 0 Å². The average Bonchev–Trinajstić information content (AvgIpc) is 2.30. The molecule has 1 aromatic carbocycles. The number of nitrogens with zero attached hydrogens (tertiary/aromatic N) is 1. The number of nitriles is 1. The molecule has 0 saturated carbocycles. The lowest BCUT2D eigenvalue weighted by atomic mass is 10.2. The molecule has 0 atom stereocenters. The fourth-order valence-electron chi connectivity index (χ4n) is 1.28. The van der Waals surface area contributed by atoms with Crippen molar-refractivity contribution in [2.24, 2.45) is 0 Å². The minimum Gasteiger partial charge on any atom is -0.491 e. The van der Waals surface area contributed by atoms with Crippen molar-refractivity contribution >= 4 is 5.69 Å². The number of anilines is 1. The van der Waals surface area contributed by atoms with E-state index in [9.17, 15) is 0 Å². The Morgan fingerprint density at radius 2 is 2.06 bits per heavy atom. The van der Waals surface area contributed by atoms with Gasteiger partial charge in [-0.25, -0.2) is 0 Å². The van der Waals surface area contributed by atoms with Gasteiger partial charge in [0.25, 0.3) is 0 Å². The lowest BCUT2D eigenvalue weighted by Crippen LogP contribution is -2.02. The van der Waals surface area contributed by atoms with Crippen LogP contribution in [0.25, 0.3) is 0 Å². The second-order valence-electron chi connectivity index (χ2n) is 3.41. The number of methoxy groups -OCH3 is 1. The summed E-state index contributed by atoms with van der Waals surface area (Å²) in [6.07, 6.45) is 1.89. The third kappa shape index (κ3) is 3.79. The monoisotopic (exact) mass is 220 g/mol. The first-order valence-electron chi connectivity index (χ1n) is 5.19. The molecule has 1 rings (SSSR count). The number of rotatable bonds is 6. The van der Waals surface area contributed by atoms with Crippen LogP contribution >= 0.6 is 0 Å². The van der Waals surface area contributed by atoms with Crippen LogP contribution in [0.3, 0.4) is 0 Å². The predicted octanol–water partition coefficient (Wildman–Crippen LogP) is 1.95. The van der Waals surface area contributed by atoms with E-state index in [1.807, 2.05) is 6.07 Å². The van der Waals surface area contributed by atoms with Gasteiger partial charge in [-0.3, -0.25) is 0 Å². The minimum atomic E-state index is 0.505. The largest absolute Gasteiger partial charge is 0.491 e. The van der Waals surface area contributed by atoms with Crippen molar-refractivity contribution in [1.82, 2.24) is 0 Å². The van der Waals surface area contributed by atoms with Gasteiger partial charge < -0.3 is 15.2 Å². The smallest absolute Gasteiger partial charge is 0.142 e. The molecule has 4 heteroatoms. The Labute approximate surface area is 95.6 Å². The summed E-state index contributed by atoms with van der Waals surface area (Å²) in [7, 11) is 1.68. The maximum atomic E-state index is 8.67. The summed E-state index contributed by atoms with van der Waals surface area (Å²) < 4.78 is 10.4. The van der Waals surface area contributed by atoms with Crippen molar-refractivity contribution in [3.8, 4) is 11.8 Å². The zero-order valence-corrected chi connectivity index (χ0v) is 9.40. The molecule has 0 aromatic heterocycles. The van der Waals surface area contributed by atoms with Crippen LogP contribution < -0.4 is 10.5 Å². The van der Waals surface area contributed by atoms with Gasteiger partial charge in [0.05, 0.1) is 23.9 Å². The summed E-state index contributed by atoms with van der Waals surface area (Å²) in [6, 6.07) is 7.06. The van der Waals surface area contributed by atoms with Crippen LogP contribution in [0, 0.1) is 11.3 Å². The van der Waals surface area contributed by atoms with Crippen LogP contribution in [0.15, 0.2) is 18.2 Å². The van der Waals surface area contributed by atoms with E-state index in [4.69, 9.17) is 20.5 Å². The quantitative estimate of drug-likeness (QED) is 0.587. The van der Waals surface area contributed by atoms with Crippen LogP contribution in [0.5, 0.6) is 5.75 Å². The Bertz CT molecular complexity index is 372. The van der Waals surface area contributed by atoms with Crippen LogP contribution in [0.2, 0.25) is 0 Å². The van der Waals surface area contributed by atoms with Crippen molar-refractivity contribution in [1.29, 1.82) is 5.26 Å². The number of ether oxygens (including phenoxy) is 2. The average molecular weight is 220 g/mol. The second kappa shape index (κ2) is 6.70. The first kappa shape index (κ1) is 12.3. The third-order valence-electron chi connectivity index (χ3n) is 2.14. The topological polar surface area (TPSA) is 68.3 Å². The fraction of sp³-hybridized carbons (Fsp3) is 0.417. The molecule has 86 valence electrons. The maximum absolute atomic E-state index is 8.67. The normalized spacial score (nSPS) is 9.75. The van der Waals surface area contributed by atoms with Gasteiger partial charge in [-0.15, -0.1) is 0 Å². The molecule has 0 amide bonds. The molecular weight excluding hydrogens is 204 g/mol. The van der Waals surface area contributed by atoms with Gasteiger partial charge in [0.1, 0.15) is 5.75 Å². The van der Waals surface area contributed by atoms with Crippen LogP contribution in [-0.4, -0.2) is 20.3 Å². The molecule has 0 aliphatic heterocycles. The molecular formula is C12H16N2O2. The Morgan fingerprint density at radius 1 is 1.31 bits per heavy atom. The predicted molar refractivity (Wildman–Crippen MR) is 62.2 cm³/mol. The van der Waals surface area contributed by atoms with Crippen molar-refractivity contribution in [3.63, 3.8) is 0 Å². The highest BCUT2D eigenvalue weighted by atomic mass is 16.5. The molecule has 0 spiro atoms. The van der Waals surface area contributed by atoms with Gasteiger partial charge in [-0.2, -0.15) is 5.26 Å². The molecule has 1 aromatic rings. The molecule has 0 unspecified atom stereocenters. The van der Waals surface area contributed by atoms with E-state index in [0.29, 0.717) is 23.6 Å². The number of benzene rings is 1. The van der Waals surface area contributed by atoms with Crippen molar-refractivity contribution in [3.05, 3.63) is 23.8 Å². The van der Waals surface area contributed by atoms with Gasteiger partial charge in [-0.05, 0) is 31.0 Å². The molecule has 2 N–H and O–H groups in total. The summed E-state index contributed by atoms with van der Waals surface area (Å²) in [5.74, 6) is 0.636. The molecule has 16 heavy (non-hydrogen) atoms. The van der Waals surface area contributed by atoms with E-state index in [2.05, 4.69) is 0 Å². The van der Waals surface area contributed by atoms with E-state index >= 15 is 0 Å². The highest BCUT2D eigenvalue weighted by Crippen LogP contribution is 2.22. The first-order chi connectivity index (χ1) is 7.77. The summed E-state index contributed by atoms with van der Waals surface area (Å²) in [4.78, 5) is 0. The number of nitrogens with two attached hydrogens (primary N) is 1. The Balaban J connectivity index is 2.40. The summed E-state index contributed by atoms with van der Waals surface area (Å²) in [5, 5.41) is 8.67. The van der Waals surface area contributed by atoms with Crippen molar-refractivity contribution in [2.45, 2.75) is 12.8 Å². The zero-order valence-electron chi connectivity index (χ0n) is 9.40. The van der Waals surface area contributed by atoms with E-state index in [-0.39, 0.29) is 0 Å². The molecule has 4 nitrogen and oxygen atoms in total. The van der Waals surface area contributed by atoms with Crippen molar-refractivity contribution in [2.75, 3.05) is 26.1 Å². The minimum absolute atomic E-state index is 0.505. The standard InChI is InChI=1S/C12H16N2O2/c1-15-6-2-3-7-16-12-5-4-10(9-13)8-11(12)14/h4-5,8H,2-3,6-7,14H2,1H3.